The first-order valence-electron chi connectivity index (χ1n) is 11.1. The molecule has 0 spiro atoms. The summed E-state index contributed by atoms with van der Waals surface area (Å²) in [7, 11) is 4.42. The molecule has 2 amide bonds. The van der Waals surface area contributed by atoms with E-state index in [1.807, 2.05) is 0 Å². The van der Waals surface area contributed by atoms with Crippen LogP contribution in [0.3, 0.4) is 0 Å². The van der Waals surface area contributed by atoms with Crippen molar-refractivity contribution in [1.82, 2.24) is 10.6 Å². The van der Waals surface area contributed by atoms with Gasteiger partial charge in [0.05, 0.1) is 33.4 Å². The lowest BCUT2D eigenvalue weighted by Gasteiger charge is -2.27. The van der Waals surface area contributed by atoms with E-state index in [0.717, 1.165) is 0 Å². The maximum absolute atomic E-state index is 12.6. The maximum atomic E-state index is 12.6. The molecule has 2 atom stereocenters. The van der Waals surface area contributed by atoms with Crippen molar-refractivity contribution in [1.29, 1.82) is 0 Å². The Kier molecular flexibility index (Phi) is 10.6. The average Bonchev–Trinajstić information content (AvgIpc) is 2.73. The molecule has 0 radical (unpaired) electrons. The van der Waals surface area contributed by atoms with Gasteiger partial charge in [0.1, 0.15) is 40.6 Å². The van der Waals surface area contributed by atoms with Gasteiger partial charge in [0.15, 0.2) is 0 Å². The second-order valence-corrected chi connectivity index (χ2v) is 9.71. The molecule has 0 aromatic heterocycles. The largest absolute Gasteiger partial charge is 0.496 e. The van der Waals surface area contributed by atoms with Crippen molar-refractivity contribution in [3.05, 3.63) is 17.7 Å². The third-order valence-electron chi connectivity index (χ3n) is 4.40. The number of rotatable bonds is 10. The SMILES string of the molecule is COc1cc(OC)c(CNC(=O)C(O)C[C@H](NC(=O)OC(C)(C)C)C(=O)OC(C)(C)C)c(OC)c1. The number of hydrogen-bond donors (Lipinski definition) is 3. The van der Waals surface area contributed by atoms with Gasteiger partial charge in [-0.25, -0.2) is 9.59 Å². The third kappa shape index (κ3) is 10.3. The van der Waals surface area contributed by atoms with Crippen molar-refractivity contribution in [3.63, 3.8) is 0 Å². The van der Waals surface area contributed by atoms with Gasteiger partial charge in [-0.2, -0.15) is 0 Å². The lowest BCUT2D eigenvalue weighted by Crippen LogP contribution is -2.49. The average molecular weight is 499 g/mol. The van der Waals surface area contributed by atoms with Gasteiger partial charge in [0.2, 0.25) is 5.91 Å². The van der Waals surface area contributed by atoms with Gasteiger partial charge in [-0.05, 0) is 41.5 Å². The van der Waals surface area contributed by atoms with Crippen LogP contribution in [0.2, 0.25) is 0 Å². The molecule has 0 saturated heterocycles. The summed E-state index contributed by atoms with van der Waals surface area (Å²) in [6, 6.07) is 1.93. The number of ether oxygens (including phenoxy) is 5. The van der Waals surface area contributed by atoms with Gasteiger partial charge in [-0.3, -0.25) is 4.79 Å². The number of amides is 2. The van der Waals surface area contributed by atoms with Crippen LogP contribution >= 0.6 is 0 Å². The highest BCUT2D eigenvalue weighted by Crippen LogP contribution is 2.33. The lowest BCUT2D eigenvalue weighted by molar-refractivity contribution is -0.158. The number of hydrogen-bond acceptors (Lipinski definition) is 9. The molecule has 35 heavy (non-hydrogen) atoms. The first kappa shape index (κ1) is 29.8. The number of carbonyl (C=O) groups is 3. The molecule has 3 N–H and O–H groups in total. The number of esters is 1. The van der Waals surface area contributed by atoms with E-state index in [4.69, 9.17) is 23.7 Å². The standard InChI is InChI=1S/C24H38N2O9/c1-23(2,3)34-21(29)16(26-22(30)35-24(4,5)6)12-17(27)20(28)25-13-15-18(32-8)10-14(31-7)11-19(15)33-9/h10-11,16-17,27H,12-13H2,1-9H3,(H,25,28)(H,26,30)/t16-,17?/m0/s1. The minimum Gasteiger partial charge on any atom is -0.496 e. The van der Waals surface area contributed by atoms with Crippen molar-refractivity contribution >= 4 is 18.0 Å². The summed E-state index contributed by atoms with van der Waals surface area (Å²) >= 11 is 0. The Bertz CT molecular complexity index is 863. The van der Waals surface area contributed by atoms with Crippen LogP contribution in [0.1, 0.15) is 53.5 Å². The van der Waals surface area contributed by atoms with Gasteiger partial charge in [0.25, 0.3) is 0 Å². The predicted molar refractivity (Wildman–Crippen MR) is 128 cm³/mol. The second-order valence-electron chi connectivity index (χ2n) is 9.71. The summed E-state index contributed by atoms with van der Waals surface area (Å²) in [6.45, 7) is 9.94. The Morgan fingerprint density at radius 2 is 1.40 bits per heavy atom. The minimum absolute atomic E-state index is 0.0389. The monoisotopic (exact) mass is 498 g/mol. The molecule has 0 fully saturated rings. The Morgan fingerprint density at radius 1 is 0.886 bits per heavy atom. The minimum atomic E-state index is -1.64. The zero-order valence-corrected chi connectivity index (χ0v) is 21.9. The van der Waals surface area contributed by atoms with Crippen LogP contribution in [0.5, 0.6) is 17.2 Å². The molecule has 1 rings (SSSR count). The van der Waals surface area contributed by atoms with Gasteiger partial charge < -0.3 is 39.4 Å². The molecule has 1 aromatic rings. The molecular weight excluding hydrogens is 460 g/mol. The number of alkyl carbamates (subject to hydrolysis) is 1. The summed E-state index contributed by atoms with van der Waals surface area (Å²) in [5.41, 5.74) is -1.14. The molecule has 11 heteroatoms. The fourth-order valence-electron chi connectivity index (χ4n) is 2.91. The van der Waals surface area contributed by atoms with Crippen molar-refractivity contribution in [2.75, 3.05) is 21.3 Å². The van der Waals surface area contributed by atoms with Gasteiger partial charge >= 0.3 is 12.1 Å². The van der Waals surface area contributed by atoms with Crippen LogP contribution in [0, 0.1) is 0 Å². The summed E-state index contributed by atoms with van der Waals surface area (Å²) in [5.74, 6) is -0.260. The highest BCUT2D eigenvalue weighted by molar-refractivity contribution is 5.85. The third-order valence-corrected chi connectivity index (χ3v) is 4.40. The zero-order valence-electron chi connectivity index (χ0n) is 21.9. The van der Waals surface area contributed by atoms with E-state index in [9.17, 15) is 19.5 Å². The molecule has 1 unspecified atom stereocenters. The van der Waals surface area contributed by atoms with E-state index in [-0.39, 0.29) is 6.54 Å². The molecule has 0 aliphatic heterocycles. The number of carbonyl (C=O) groups excluding carboxylic acids is 3. The Morgan fingerprint density at radius 3 is 1.83 bits per heavy atom. The fourth-order valence-corrected chi connectivity index (χ4v) is 2.91. The Balaban J connectivity index is 2.97. The van der Waals surface area contributed by atoms with Crippen molar-refractivity contribution in [2.24, 2.45) is 0 Å². The van der Waals surface area contributed by atoms with E-state index in [2.05, 4.69) is 10.6 Å². The number of methoxy groups -OCH3 is 3. The van der Waals surface area contributed by atoms with Gasteiger partial charge in [0, 0.05) is 18.6 Å². The molecule has 0 heterocycles. The van der Waals surface area contributed by atoms with E-state index in [1.54, 1.807) is 53.7 Å². The number of benzene rings is 1. The van der Waals surface area contributed by atoms with Crippen LogP contribution < -0.4 is 24.8 Å². The Labute approximate surface area is 206 Å². The van der Waals surface area contributed by atoms with E-state index in [1.165, 1.54) is 21.3 Å². The lowest BCUT2D eigenvalue weighted by atomic mass is 10.1. The predicted octanol–water partition coefficient (Wildman–Crippen LogP) is 2.31. The molecule has 0 saturated carbocycles. The molecule has 0 bridgehead atoms. The van der Waals surface area contributed by atoms with Crippen molar-refractivity contribution in [3.8, 4) is 17.2 Å². The van der Waals surface area contributed by atoms with E-state index < -0.39 is 47.7 Å². The molecular formula is C24H38N2O9. The summed E-state index contributed by atoms with van der Waals surface area (Å²) in [4.78, 5) is 37.5. The number of aliphatic hydroxyl groups is 1. The van der Waals surface area contributed by atoms with Crippen LogP contribution in [-0.2, 0) is 25.6 Å². The maximum Gasteiger partial charge on any atom is 0.408 e. The number of aliphatic hydroxyl groups excluding tert-OH is 1. The fraction of sp³-hybridized carbons (Fsp3) is 0.625. The molecule has 11 nitrogen and oxygen atoms in total. The van der Waals surface area contributed by atoms with Crippen LogP contribution in [0.15, 0.2) is 12.1 Å². The second kappa shape index (κ2) is 12.5. The topological polar surface area (TPSA) is 142 Å². The highest BCUT2D eigenvalue weighted by Gasteiger charge is 2.32. The van der Waals surface area contributed by atoms with Crippen LogP contribution in [0.25, 0.3) is 0 Å². The van der Waals surface area contributed by atoms with E-state index in [0.29, 0.717) is 22.8 Å². The molecule has 0 aliphatic carbocycles. The van der Waals surface area contributed by atoms with Crippen molar-refractivity contribution < 1.29 is 43.2 Å². The van der Waals surface area contributed by atoms with Gasteiger partial charge in [-0.15, -0.1) is 0 Å². The first-order valence-corrected chi connectivity index (χ1v) is 11.1. The molecule has 1 aromatic carbocycles. The quantitative estimate of drug-likeness (QED) is 0.414. The van der Waals surface area contributed by atoms with Gasteiger partial charge in [-0.1, -0.05) is 0 Å². The molecule has 0 aliphatic rings. The Hall–Kier alpha value is -3.21. The highest BCUT2D eigenvalue weighted by atomic mass is 16.6. The zero-order chi connectivity index (χ0) is 27.0. The summed E-state index contributed by atoms with van der Waals surface area (Å²) in [5, 5.41) is 15.5. The smallest absolute Gasteiger partial charge is 0.408 e. The summed E-state index contributed by atoms with van der Waals surface area (Å²) in [6.07, 6.45) is -2.96. The van der Waals surface area contributed by atoms with E-state index >= 15 is 0 Å². The van der Waals surface area contributed by atoms with Crippen LogP contribution in [-0.4, -0.2) is 67.8 Å². The summed E-state index contributed by atoms with van der Waals surface area (Å²) < 4.78 is 26.4. The van der Waals surface area contributed by atoms with Crippen molar-refractivity contribution in [2.45, 2.75) is 77.9 Å². The number of nitrogens with one attached hydrogen (secondary N) is 2. The molecule has 198 valence electrons. The normalized spacial score (nSPS) is 13.2. The van der Waals surface area contributed by atoms with Crippen LogP contribution in [0.4, 0.5) is 4.79 Å². The first-order chi connectivity index (χ1) is 16.1.